The van der Waals surface area contributed by atoms with E-state index < -0.39 is 0 Å². The fraction of sp³-hybridized carbons (Fsp3) is 0.136. The number of benzene rings is 2. The van der Waals surface area contributed by atoms with Gasteiger partial charge in [0.25, 0.3) is 11.8 Å². The van der Waals surface area contributed by atoms with Crippen LogP contribution < -0.4 is 10.6 Å². The maximum absolute atomic E-state index is 12.7. The molecular formula is C22H19N3O3S. The Bertz CT molecular complexity index is 1230. The lowest BCUT2D eigenvalue weighted by Crippen LogP contribution is -2.15. The van der Waals surface area contributed by atoms with Gasteiger partial charge < -0.3 is 9.73 Å². The second-order valence-electron chi connectivity index (χ2n) is 6.86. The van der Waals surface area contributed by atoms with Crippen LogP contribution >= 0.6 is 11.3 Å². The van der Waals surface area contributed by atoms with Crippen LogP contribution in [0.1, 0.15) is 37.6 Å². The van der Waals surface area contributed by atoms with Gasteiger partial charge in [-0.2, -0.15) is 0 Å². The second-order valence-corrected chi connectivity index (χ2v) is 7.89. The molecule has 4 aromatic rings. The quantitative estimate of drug-likeness (QED) is 0.481. The van der Waals surface area contributed by atoms with Gasteiger partial charge >= 0.3 is 0 Å². The summed E-state index contributed by atoms with van der Waals surface area (Å²) in [6.45, 7) is 5.90. The Morgan fingerprint density at radius 3 is 2.55 bits per heavy atom. The summed E-state index contributed by atoms with van der Waals surface area (Å²) in [5.41, 5.74) is 4.95. The van der Waals surface area contributed by atoms with Crippen LogP contribution in [0.2, 0.25) is 0 Å². The first kappa shape index (κ1) is 18.9. The average Bonchev–Trinajstić information content (AvgIpc) is 3.33. The number of rotatable bonds is 4. The van der Waals surface area contributed by atoms with Crippen LogP contribution in [0.25, 0.3) is 10.2 Å². The van der Waals surface area contributed by atoms with Crippen molar-refractivity contribution in [3.63, 3.8) is 0 Å². The van der Waals surface area contributed by atoms with E-state index in [9.17, 15) is 9.59 Å². The van der Waals surface area contributed by atoms with Gasteiger partial charge in [0.2, 0.25) is 0 Å². The zero-order chi connectivity index (χ0) is 20.5. The largest absolute Gasteiger partial charge is 0.459 e. The van der Waals surface area contributed by atoms with Gasteiger partial charge in [0, 0.05) is 11.3 Å². The standard InChI is InChI=1S/C22H19N3O3S/c1-12-9-14(3)19-18(10-12)29-22(24-19)25-20(26)15-7-6-13(2)16(11-15)23-21(27)17-5-4-8-28-17/h4-11H,1-3H3,(H,23,27)(H,24,25,26). The van der Waals surface area contributed by atoms with Crippen LogP contribution in [-0.4, -0.2) is 16.8 Å². The lowest BCUT2D eigenvalue weighted by atomic mass is 10.1. The summed E-state index contributed by atoms with van der Waals surface area (Å²) in [5.74, 6) is -0.445. The first-order valence-electron chi connectivity index (χ1n) is 9.05. The van der Waals surface area contributed by atoms with Crippen molar-refractivity contribution in [3.05, 3.63) is 76.7 Å². The van der Waals surface area contributed by atoms with E-state index in [-0.39, 0.29) is 17.6 Å². The predicted octanol–water partition coefficient (Wildman–Crippen LogP) is 5.32. The number of nitrogens with zero attached hydrogens (tertiary/aromatic N) is 1. The van der Waals surface area contributed by atoms with Crippen molar-refractivity contribution in [2.75, 3.05) is 10.6 Å². The Morgan fingerprint density at radius 1 is 0.966 bits per heavy atom. The SMILES string of the molecule is Cc1cc(C)c2nc(NC(=O)c3ccc(C)c(NC(=O)c4ccco4)c3)sc2c1. The number of carbonyl (C=O) groups excluding carboxylic acids is 2. The number of fused-ring (bicyclic) bond motifs is 1. The minimum Gasteiger partial charge on any atom is -0.459 e. The van der Waals surface area contributed by atoms with Gasteiger partial charge in [0.15, 0.2) is 10.9 Å². The molecule has 0 atom stereocenters. The van der Waals surface area contributed by atoms with E-state index in [1.807, 2.05) is 20.8 Å². The lowest BCUT2D eigenvalue weighted by Gasteiger charge is -2.09. The summed E-state index contributed by atoms with van der Waals surface area (Å²) in [6, 6.07) is 12.5. The number of aromatic nitrogens is 1. The lowest BCUT2D eigenvalue weighted by molar-refractivity contribution is 0.0993. The molecule has 0 unspecified atom stereocenters. The number of hydrogen-bond donors (Lipinski definition) is 2. The van der Waals surface area contributed by atoms with Crippen LogP contribution in [0.3, 0.4) is 0 Å². The zero-order valence-electron chi connectivity index (χ0n) is 16.2. The molecule has 146 valence electrons. The fourth-order valence-corrected chi connectivity index (χ4v) is 4.12. The number of nitrogens with one attached hydrogen (secondary N) is 2. The number of amides is 2. The molecule has 2 N–H and O–H groups in total. The number of thiazole rings is 1. The van der Waals surface area contributed by atoms with Crippen LogP contribution in [0.15, 0.2) is 53.1 Å². The monoisotopic (exact) mass is 405 g/mol. The summed E-state index contributed by atoms with van der Waals surface area (Å²) in [7, 11) is 0. The van der Waals surface area contributed by atoms with Gasteiger partial charge in [-0.05, 0) is 67.8 Å². The molecule has 4 rings (SSSR count). The summed E-state index contributed by atoms with van der Waals surface area (Å²) in [5, 5.41) is 6.18. The summed E-state index contributed by atoms with van der Waals surface area (Å²) < 4.78 is 6.15. The Kier molecular flexibility index (Phi) is 4.90. The molecule has 0 aliphatic carbocycles. The van der Waals surface area contributed by atoms with E-state index in [4.69, 9.17) is 4.42 Å². The predicted molar refractivity (Wildman–Crippen MR) is 115 cm³/mol. The molecule has 2 amide bonds. The van der Waals surface area contributed by atoms with Crippen molar-refractivity contribution in [3.8, 4) is 0 Å². The van der Waals surface area contributed by atoms with Gasteiger partial charge in [-0.3, -0.25) is 14.9 Å². The van der Waals surface area contributed by atoms with E-state index >= 15 is 0 Å². The highest BCUT2D eigenvalue weighted by Gasteiger charge is 2.15. The molecule has 0 saturated heterocycles. The molecule has 2 aromatic carbocycles. The smallest absolute Gasteiger partial charge is 0.291 e. The molecule has 0 spiro atoms. The van der Waals surface area contributed by atoms with Gasteiger partial charge in [-0.25, -0.2) is 4.98 Å². The number of carbonyl (C=O) groups is 2. The van der Waals surface area contributed by atoms with Crippen LogP contribution in [0.4, 0.5) is 10.8 Å². The molecule has 2 heterocycles. The van der Waals surface area contributed by atoms with E-state index in [0.29, 0.717) is 16.4 Å². The van der Waals surface area contributed by atoms with Crippen molar-refractivity contribution in [1.29, 1.82) is 0 Å². The van der Waals surface area contributed by atoms with Crippen molar-refractivity contribution >= 4 is 44.2 Å². The Hall–Kier alpha value is -3.45. The topological polar surface area (TPSA) is 84.2 Å². The molecule has 0 radical (unpaired) electrons. The molecule has 2 aromatic heterocycles. The highest BCUT2D eigenvalue weighted by atomic mass is 32.1. The highest BCUT2D eigenvalue weighted by molar-refractivity contribution is 7.22. The van der Waals surface area contributed by atoms with Crippen molar-refractivity contribution in [2.24, 2.45) is 0 Å². The zero-order valence-corrected chi connectivity index (χ0v) is 17.0. The van der Waals surface area contributed by atoms with E-state index in [0.717, 1.165) is 26.9 Å². The Labute approximate surface area is 171 Å². The van der Waals surface area contributed by atoms with E-state index in [1.165, 1.54) is 17.6 Å². The molecule has 0 saturated carbocycles. The van der Waals surface area contributed by atoms with Crippen LogP contribution in [0, 0.1) is 20.8 Å². The molecule has 0 aliphatic rings. The minimum atomic E-state index is -0.368. The third kappa shape index (κ3) is 3.90. The fourth-order valence-electron chi connectivity index (χ4n) is 3.08. The van der Waals surface area contributed by atoms with Crippen molar-refractivity contribution in [1.82, 2.24) is 4.98 Å². The number of furan rings is 1. The molecule has 0 fully saturated rings. The Balaban J connectivity index is 1.56. The molecular weight excluding hydrogens is 386 g/mol. The van der Waals surface area contributed by atoms with Gasteiger partial charge in [-0.1, -0.05) is 23.5 Å². The highest BCUT2D eigenvalue weighted by Crippen LogP contribution is 2.30. The summed E-state index contributed by atoms with van der Waals surface area (Å²) >= 11 is 1.44. The molecule has 0 aliphatic heterocycles. The molecule has 0 bridgehead atoms. The number of aryl methyl sites for hydroxylation is 3. The van der Waals surface area contributed by atoms with Crippen molar-refractivity contribution in [2.45, 2.75) is 20.8 Å². The minimum absolute atomic E-state index is 0.208. The molecule has 7 heteroatoms. The third-order valence-corrected chi connectivity index (χ3v) is 5.46. The van der Waals surface area contributed by atoms with Crippen LogP contribution in [-0.2, 0) is 0 Å². The van der Waals surface area contributed by atoms with Crippen LogP contribution in [0.5, 0.6) is 0 Å². The first-order valence-corrected chi connectivity index (χ1v) is 9.87. The van der Waals surface area contributed by atoms with Gasteiger partial charge in [-0.15, -0.1) is 0 Å². The van der Waals surface area contributed by atoms with Gasteiger partial charge in [0.05, 0.1) is 16.5 Å². The average molecular weight is 405 g/mol. The summed E-state index contributed by atoms with van der Waals surface area (Å²) in [6.07, 6.45) is 1.44. The van der Waals surface area contributed by atoms with E-state index in [1.54, 1.807) is 30.3 Å². The molecule has 6 nitrogen and oxygen atoms in total. The Morgan fingerprint density at radius 2 is 1.79 bits per heavy atom. The third-order valence-electron chi connectivity index (χ3n) is 4.54. The first-order chi connectivity index (χ1) is 13.9. The number of anilines is 2. The van der Waals surface area contributed by atoms with Gasteiger partial charge in [0.1, 0.15) is 0 Å². The normalized spacial score (nSPS) is 10.9. The molecule has 29 heavy (non-hydrogen) atoms. The van der Waals surface area contributed by atoms with E-state index in [2.05, 4.69) is 27.8 Å². The maximum Gasteiger partial charge on any atom is 0.291 e. The second kappa shape index (κ2) is 7.52. The number of hydrogen-bond acceptors (Lipinski definition) is 5. The van der Waals surface area contributed by atoms with Crippen molar-refractivity contribution < 1.29 is 14.0 Å². The maximum atomic E-state index is 12.7. The summed E-state index contributed by atoms with van der Waals surface area (Å²) in [4.78, 5) is 29.5.